The van der Waals surface area contributed by atoms with Gasteiger partial charge in [-0.05, 0) is 67.5 Å². The molecule has 2 aliphatic rings. The van der Waals surface area contributed by atoms with E-state index in [9.17, 15) is 36.1 Å². The molecular formula is C36H29ClF7N7O3S. The minimum absolute atomic E-state index is 0.0167. The van der Waals surface area contributed by atoms with Crippen LogP contribution in [-0.4, -0.2) is 51.7 Å². The Kier molecular flexibility index (Phi) is 9.50. The van der Waals surface area contributed by atoms with E-state index in [1.807, 2.05) is 0 Å². The Morgan fingerprint density at radius 3 is 2.42 bits per heavy atom. The van der Waals surface area contributed by atoms with Crippen LogP contribution in [0.4, 0.5) is 41.3 Å². The number of anilines is 1. The average molecular weight is 808 g/mol. The Hall–Kier alpha value is -4.99. The first kappa shape index (κ1) is 38.3. The maximum Gasteiger partial charge on any atom is 0.435 e. The Balaban J connectivity index is 1.44. The second kappa shape index (κ2) is 13.6. The van der Waals surface area contributed by atoms with Crippen LogP contribution in [0.5, 0.6) is 0 Å². The normalized spacial score (nSPS) is 18.0. The molecule has 2 aliphatic carbocycles. The quantitative estimate of drug-likeness (QED) is 0.118. The lowest BCUT2D eigenvalue weighted by Crippen LogP contribution is -2.38. The van der Waals surface area contributed by atoms with E-state index in [4.69, 9.17) is 11.6 Å². The zero-order valence-corrected chi connectivity index (χ0v) is 30.5. The van der Waals surface area contributed by atoms with Gasteiger partial charge in [0.2, 0.25) is 0 Å². The van der Waals surface area contributed by atoms with Crippen molar-refractivity contribution in [3.8, 4) is 23.0 Å². The number of carbonyl (C=O) groups is 1. The third-order valence-electron chi connectivity index (χ3n) is 9.42. The molecule has 0 aliphatic heterocycles. The van der Waals surface area contributed by atoms with Gasteiger partial charge in [0.05, 0.1) is 27.7 Å². The first-order chi connectivity index (χ1) is 25.8. The number of hydrogen-bond acceptors (Lipinski definition) is 6. The molecule has 1 amide bonds. The van der Waals surface area contributed by atoms with Crippen molar-refractivity contribution < 1.29 is 44.8 Å². The van der Waals surface area contributed by atoms with Crippen LogP contribution in [0, 0.1) is 29.4 Å². The molecule has 1 saturated carbocycles. The molecule has 55 heavy (non-hydrogen) atoms. The number of aryl methyl sites for hydroxylation is 1. The van der Waals surface area contributed by atoms with Crippen LogP contribution in [0.1, 0.15) is 59.7 Å². The van der Waals surface area contributed by atoms with E-state index in [-0.39, 0.29) is 38.0 Å². The van der Waals surface area contributed by atoms with E-state index >= 15 is 8.78 Å². The molecule has 3 atom stereocenters. The van der Waals surface area contributed by atoms with Gasteiger partial charge in [0.1, 0.15) is 39.6 Å². The zero-order chi connectivity index (χ0) is 39.8. The average Bonchev–Trinajstić information content (AvgIpc) is 3.43. The fraction of sp³-hybridized carbons (Fsp3) is 0.333. The van der Waals surface area contributed by atoms with Gasteiger partial charge in [-0.15, -0.1) is 0 Å². The summed E-state index contributed by atoms with van der Waals surface area (Å²) < 4.78 is 119. The van der Waals surface area contributed by atoms with Crippen molar-refractivity contribution in [1.82, 2.24) is 29.9 Å². The summed E-state index contributed by atoms with van der Waals surface area (Å²) in [5, 5.41) is 21.1. The van der Waals surface area contributed by atoms with Gasteiger partial charge in [0.15, 0.2) is 11.5 Å². The summed E-state index contributed by atoms with van der Waals surface area (Å²) in [6.07, 6.45) is -4.14. The van der Waals surface area contributed by atoms with Crippen molar-refractivity contribution in [2.45, 2.75) is 56.3 Å². The minimum atomic E-state index is -5.18. The zero-order valence-electron chi connectivity index (χ0n) is 29.0. The van der Waals surface area contributed by atoms with E-state index in [2.05, 4.69) is 37.1 Å². The summed E-state index contributed by atoms with van der Waals surface area (Å²) in [7, 11) is -0.00397. The molecule has 0 spiro atoms. The fourth-order valence-corrected chi connectivity index (χ4v) is 7.34. The number of aliphatic hydroxyl groups is 1. The minimum Gasteiger partial charge on any atom is -0.378 e. The van der Waals surface area contributed by atoms with E-state index in [0.29, 0.717) is 35.4 Å². The molecule has 7 rings (SSSR count). The van der Waals surface area contributed by atoms with Gasteiger partial charge in [0, 0.05) is 42.0 Å². The van der Waals surface area contributed by atoms with E-state index in [1.165, 1.54) is 23.1 Å². The van der Waals surface area contributed by atoms with Crippen LogP contribution in [-0.2, 0) is 43.0 Å². The first-order valence-corrected chi connectivity index (χ1v) is 18.5. The number of nitrogens with zero attached hydrogens (tertiary/aromatic N) is 5. The lowest BCUT2D eigenvalue weighted by atomic mass is 9.94. The lowest BCUT2D eigenvalue weighted by Gasteiger charge is -2.23. The molecule has 0 bridgehead atoms. The summed E-state index contributed by atoms with van der Waals surface area (Å²) >= 11 is 6.59. The Bertz CT molecular complexity index is 2470. The fourth-order valence-electron chi connectivity index (χ4n) is 6.68. The maximum absolute atomic E-state index is 15.5. The van der Waals surface area contributed by atoms with E-state index in [0.717, 1.165) is 19.1 Å². The lowest BCUT2D eigenvalue weighted by molar-refractivity contribution is -0.142. The molecule has 288 valence electrons. The molecule has 19 heteroatoms. The number of amides is 1. The Morgan fingerprint density at radius 1 is 1.11 bits per heavy atom. The highest BCUT2D eigenvalue weighted by atomic mass is 35.5. The van der Waals surface area contributed by atoms with Crippen molar-refractivity contribution in [3.63, 3.8) is 0 Å². The molecule has 3 aromatic heterocycles. The summed E-state index contributed by atoms with van der Waals surface area (Å²) in [5.41, 5.74) is -4.03. The second-order valence-corrected chi connectivity index (χ2v) is 15.1. The number of halogens is 8. The molecule has 1 fully saturated rings. The number of fused-ring (bicyclic) bond motifs is 2. The summed E-state index contributed by atoms with van der Waals surface area (Å²) in [5.74, 6) is -1.80. The van der Waals surface area contributed by atoms with Crippen LogP contribution in [0.15, 0.2) is 42.5 Å². The van der Waals surface area contributed by atoms with Crippen LogP contribution in [0.25, 0.3) is 22.0 Å². The van der Waals surface area contributed by atoms with Gasteiger partial charge in [-0.25, -0.2) is 22.8 Å². The molecular weight excluding hydrogens is 779 g/mol. The number of hydrogen-bond donors (Lipinski definition) is 3. The van der Waals surface area contributed by atoms with Crippen molar-refractivity contribution in [2.75, 3.05) is 11.0 Å². The van der Waals surface area contributed by atoms with E-state index < -0.39 is 88.1 Å². The van der Waals surface area contributed by atoms with Crippen molar-refractivity contribution in [1.29, 1.82) is 0 Å². The molecule has 2 aromatic carbocycles. The number of nitrogens with one attached hydrogen (secondary N) is 2. The molecule has 5 aromatic rings. The highest BCUT2D eigenvalue weighted by Gasteiger charge is 2.55. The van der Waals surface area contributed by atoms with Crippen LogP contribution < -0.4 is 10.0 Å². The van der Waals surface area contributed by atoms with Gasteiger partial charge in [0.25, 0.3) is 5.92 Å². The SMILES string of the molecule is C[C@@H]1Cc2c(C(F)(F)F)nn(C(=O)NC(Cc3cc(F)cc(F)c3)c3nc(C#CC4(O)CC4)ccc3-c3ccc(Cl)c4c(NS(C)=O)nn(C)c34)c2C1(F)F. The third kappa shape index (κ3) is 7.28. The van der Waals surface area contributed by atoms with Gasteiger partial charge in [-0.2, -0.15) is 36.8 Å². The van der Waals surface area contributed by atoms with Crippen molar-refractivity contribution in [3.05, 3.63) is 93.0 Å². The monoisotopic (exact) mass is 807 g/mol. The van der Waals surface area contributed by atoms with Crippen molar-refractivity contribution in [2.24, 2.45) is 13.0 Å². The van der Waals surface area contributed by atoms with E-state index in [1.54, 1.807) is 19.2 Å². The number of aromatic nitrogens is 5. The predicted octanol–water partition coefficient (Wildman–Crippen LogP) is 7.19. The summed E-state index contributed by atoms with van der Waals surface area (Å²) in [6, 6.07) is 5.64. The number of alkyl halides is 5. The highest BCUT2D eigenvalue weighted by molar-refractivity contribution is 7.85. The van der Waals surface area contributed by atoms with Crippen LogP contribution >= 0.6 is 11.6 Å². The number of carbonyl (C=O) groups excluding carboxylic acids is 1. The summed E-state index contributed by atoms with van der Waals surface area (Å²) in [6.45, 7) is 1.05. The third-order valence-corrected chi connectivity index (χ3v) is 10.2. The van der Waals surface area contributed by atoms with Gasteiger partial charge in [-0.3, -0.25) is 9.40 Å². The molecule has 0 saturated heterocycles. The van der Waals surface area contributed by atoms with Crippen LogP contribution in [0.2, 0.25) is 5.02 Å². The molecule has 10 nitrogen and oxygen atoms in total. The Labute approximate surface area is 315 Å². The topological polar surface area (TPSA) is 127 Å². The molecule has 0 radical (unpaired) electrons. The smallest absolute Gasteiger partial charge is 0.378 e. The molecule has 3 heterocycles. The first-order valence-electron chi connectivity index (χ1n) is 16.6. The number of benzene rings is 2. The second-order valence-electron chi connectivity index (χ2n) is 13.6. The predicted molar refractivity (Wildman–Crippen MR) is 188 cm³/mol. The highest BCUT2D eigenvalue weighted by Crippen LogP contribution is 2.49. The molecule has 3 N–H and O–H groups in total. The van der Waals surface area contributed by atoms with Gasteiger partial charge < -0.3 is 10.4 Å². The largest absolute Gasteiger partial charge is 0.435 e. The maximum atomic E-state index is 15.5. The van der Waals surface area contributed by atoms with Gasteiger partial charge >= 0.3 is 12.2 Å². The molecule has 2 unspecified atom stereocenters. The summed E-state index contributed by atoms with van der Waals surface area (Å²) in [4.78, 5) is 18.7. The standard InChI is InChI=1S/C36H29ClF7N7O3S/c1-17-12-24-30(36(42,43)44)47-51(31(24)35(17,40)41)33(52)46-26(15-18-13-19(38)16-20(39)14-18)28-22(5-4-21(45-28)8-9-34(53)10-11-34)23-6-7-25(37)27-29(23)50(2)48-32(27)49-55(3)54/h4-7,13-14,16-17,26,53H,10-12,15H2,1-3H3,(H,46,52)(H,48,49)/t17-,26?,55?/m1/s1. The Morgan fingerprint density at radius 2 is 1.78 bits per heavy atom. The van der Waals surface area contributed by atoms with Crippen LogP contribution in [0.3, 0.4) is 0 Å². The number of pyridine rings is 1. The van der Waals surface area contributed by atoms with Crippen molar-refractivity contribution >= 4 is 45.3 Å². The number of rotatable bonds is 7. The van der Waals surface area contributed by atoms with Gasteiger partial charge in [-0.1, -0.05) is 30.5 Å².